The topological polar surface area (TPSA) is 0 Å². The maximum absolute atomic E-state index is 2.44. The van der Waals surface area contributed by atoms with Gasteiger partial charge < -0.3 is 0 Å². The second kappa shape index (κ2) is 4.21. The molecule has 0 aliphatic heterocycles. The van der Waals surface area contributed by atoms with Gasteiger partial charge in [-0.1, -0.05) is 75.4 Å². The maximum Gasteiger partial charge on any atom is 0.0159 e. The van der Waals surface area contributed by atoms with Crippen LogP contribution < -0.4 is 0 Å². The van der Waals surface area contributed by atoms with Crippen LogP contribution in [0.4, 0.5) is 0 Å². The van der Waals surface area contributed by atoms with E-state index in [2.05, 4.69) is 75.4 Å². The molecule has 0 atom stereocenters. The Morgan fingerprint density at radius 2 is 1.48 bits per heavy atom. The SMILES string of the molecule is CCc1cc2c(c3ccccc13)-c1ccccc1C2(C)C. The molecule has 1 aliphatic rings. The Morgan fingerprint density at radius 3 is 2.24 bits per heavy atom. The van der Waals surface area contributed by atoms with Gasteiger partial charge in [0, 0.05) is 5.41 Å². The van der Waals surface area contributed by atoms with Gasteiger partial charge in [-0.05, 0) is 45.0 Å². The first-order chi connectivity index (χ1) is 10.1. The Balaban J connectivity index is 2.22. The summed E-state index contributed by atoms with van der Waals surface area (Å²) in [5, 5.41) is 2.82. The Morgan fingerprint density at radius 1 is 0.810 bits per heavy atom. The van der Waals surface area contributed by atoms with Crippen LogP contribution in [0.5, 0.6) is 0 Å². The van der Waals surface area contributed by atoms with Crippen LogP contribution in [0.25, 0.3) is 21.9 Å². The summed E-state index contributed by atoms with van der Waals surface area (Å²) in [6.45, 7) is 6.96. The van der Waals surface area contributed by atoms with E-state index in [1.807, 2.05) is 0 Å². The van der Waals surface area contributed by atoms with Gasteiger partial charge in [0.1, 0.15) is 0 Å². The summed E-state index contributed by atoms with van der Waals surface area (Å²) in [5.41, 5.74) is 7.36. The van der Waals surface area contributed by atoms with Crippen molar-refractivity contribution < 1.29 is 0 Å². The zero-order chi connectivity index (χ0) is 14.6. The minimum atomic E-state index is 0.0971. The first-order valence-corrected chi connectivity index (χ1v) is 7.79. The minimum absolute atomic E-state index is 0.0971. The number of fused-ring (bicyclic) bond motifs is 5. The summed E-state index contributed by atoms with van der Waals surface area (Å²) < 4.78 is 0. The average molecular weight is 272 g/mol. The van der Waals surface area contributed by atoms with Crippen LogP contribution in [-0.2, 0) is 11.8 Å². The molecule has 0 nitrogen and oxygen atoms in total. The van der Waals surface area contributed by atoms with E-state index in [1.54, 1.807) is 0 Å². The largest absolute Gasteiger partial charge is 0.0619 e. The maximum atomic E-state index is 2.44. The van der Waals surface area contributed by atoms with Crippen LogP contribution in [-0.4, -0.2) is 0 Å². The molecule has 104 valence electrons. The molecule has 0 heterocycles. The molecular formula is C21H20. The zero-order valence-electron chi connectivity index (χ0n) is 12.9. The highest BCUT2D eigenvalue weighted by Gasteiger charge is 2.36. The van der Waals surface area contributed by atoms with Crippen molar-refractivity contribution in [3.05, 3.63) is 71.3 Å². The molecule has 0 aromatic heterocycles. The molecule has 0 spiro atoms. The normalized spacial score (nSPS) is 15.0. The monoisotopic (exact) mass is 272 g/mol. The van der Waals surface area contributed by atoms with Crippen molar-refractivity contribution >= 4 is 10.8 Å². The summed E-state index contributed by atoms with van der Waals surface area (Å²) in [6.07, 6.45) is 1.08. The predicted molar refractivity (Wildman–Crippen MR) is 90.9 cm³/mol. The molecule has 0 radical (unpaired) electrons. The molecule has 1 aliphatic carbocycles. The first kappa shape index (κ1) is 12.6. The third kappa shape index (κ3) is 1.56. The Bertz CT molecular complexity index is 853. The molecule has 0 N–H and O–H groups in total. The van der Waals surface area contributed by atoms with Crippen LogP contribution in [0.15, 0.2) is 54.6 Å². The van der Waals surface area contributed by atoms with E-state index >= 15 is 0 Å². The van der Waals surface area contributed by atoms with E-state index in [0.717, 1.165) is 6.42 Å². The summed E-state index contributed by atoms with van der Waals surface area (Å²) in [4.78, 5) is 0. The van der Waals surface area contributed by atoms with Gasteiger partial charge in [0.05, 0.1) is 0 Å². The molecule has 0 unspecified atom stereocenters. The van der Waals surface area contributed by atoms with Crippen molar-refractivity contribution in [1.82, 2.24) is 0 Å². The number of benzene rings is 3. The number of rotatable bonds is 1. The summed E-state index contributed by atoms with van der Waals surface area (Å²) in [7, 11) is 0. The molecule has 0 bridgehead atoms. The van der Waals surface area contributed by atoms with Crippen molar-refractivity contribution in [1.29, 1.82) is 0 Å². The van der Waals surface area contributed by atoms with Crippen LogP contribution in [0.1, 0.15) is 37.5 Å². The number of hydrogen-bond acceptors (Lipinski definition) is 0. The zero-order valence-corrected chi connectivity index (χ0v) is 12.9. The van der Waals surface area contributed by atoms with Gasteiger partial charge in [0.2, 0.25) is 0 Å². The minimum Gasteiger partial charge on any atom is -0.0619 e. The molecule has 0 saturated carbocycles. The molecule has 0 saturated heterocycles. The number of hydrogen-bond donors (Lipinski definition) is 0. The molecule has 0 fully saturated rings. The van der Waals surface area contributed by atoms with Gasteiger partial charge in [-0.3, -0.25) is 0 Å². The summed E-state index contributed by atoms with van der Waals surface area (Å²) in [5.74, 6) is 0. The van der Waals surface area contributed by atoms with Gasteiger partial charge in [-0.2, -0.15) is 0 Å². The highest BCUT2D eigenvalue weighted by molar-refractivity contribution is 6.03. The third-order valence-electron chi connectivity index (χ3n) is 5.05. The Kier molecular flexibility index (Phi) is 2.53. The molecule has 4 rings (SSSR count). The predicted octanol–water partition coefficient (Wildman–Crippen LogP) is 5.71. The van der Waals surface area contributed by atoms with Gasteiger partial charge in [0.25, 0.3) is 0 Å². The summed E-state index contributed by atoms with van der Waals surface area (Å²) in [6, 6.07) is 20.2. The standard InChI is InChI=1S/C21H20/c1-4-14-13-19-20(16-10-6-5-9-15(14)16)17-11-7-8-12-18(17)21(19,2)3/h5-13H,4H2,1-3H3. The Hall–Kier alpha value is -2.08. The molecule has 21 heavy (non-hydrogen) atoms. The van der Waals surface area contributed by atoms with Crippen molar-refractivity contribution in [2.75, 3.05) is 0 Å². The van der Waals surface area contributed by atoms with Crippen molar-refractivity contribution in [2.24, 2.45) is 0 Å². The van der Waals surface area contributed by atoms with E-state index in [9.17, 15) is 0 Å². The lowest BCUT2D eigenvalue weighted by atomic mass is 9.81. The van der Waals surface area contributed by atoms with Crippen molar-refractivity contribution in [3.8, 4) is 11.1 Å². The van der Waals surface area contributed by atoms with Crippen molar-refractivity contribution in [3.63, 3.8) is 0 Å². The van der Waals surface area contributed by atoms with E-state index < -0.39 is 0 Å². The van der Waals surface area contributed by atoms with Crippen LogP contribution in [0, 0.1) is 0 Å². The van der Waals surface area contributed by atoms with E-state index in [1.165, 1.54) is 38.6 Å². The van der Waals surface area contributed by atoms with Gasteiger partial charge in [-0.25, -0.2) is 0 Å². The second-order valence-corrected chi connectivity index (χ2v) is 6.53. The average Bonchev–Trinajstić information content (AvgIpc) is 2.75. The number of aryl methyl sites for hydroxylation is 1. The fourth-order valence-electron chi connectivity index (χ4n) is 3.92. The van der Waals surface area contributed by atoms with Crippen molar-refractivity contribution in [2.45, 2.75) is 32.6 Å². The highest BCUT2D eigenvalue weighted by atomic mass is 14.4. The third-order valence-corrected chi connectivity index (χ3v) is 5.05. The van der Waals surface area contributed by atoms with Gasteiger partial charge in [0.15, 0.2) is 0 Å². The lowest BCUT2D eigenvalue weighted by Gasteiger charge is -2.22. The second-order valence-electron chi connectivity index (χ2n) is 6.53. The van der Waals surface area contributed by atoms with Gasteiger partial charge in [-0.15, -0.1) is 0 Å². The molecule has 3 aromatic carbocycles. The van der Waals surface area contributed by atoms with E-state index in [-0.39, 0.29) is 5.41 Å². The van der Waals surface area contributed by atoms with Crippen LogP contribution in [0.3, 0.4) is 0 Å². The lowest BCUT2D eigenvalue weighted by Crippen LogP contribution is -2.15. The van der Waals surface area contributed by atoms with E-state index in [4.69, 9.17) is 0 Å². The van der Waals surface area contributed by atoms with E-state index in [0.29, 0.717) is 0 Å². The molecule has 0 heteroatoms. The van der Waals surface area contributed by atoms with Gasteiger partial charge >= 0.3 is 0 Å². The molecule has 3 aromatic rings. The fraction of sp³-hybridized carbons (Fsp3) is 0.238. The highest BCUT2D eigenvalue weighted by Crippen LogP contribution is 2.51. The summed E-state index contributed by atoms with van der Waals surface area (Å²) >= 11 is 0. The molecule has 0 amide bonds. The van der Waals surface area contributed by atoms with Crippen LogP contribution in [0.2, 0.25) is 0 Å². The van der Waals surface area contributed by atoms with Crippen LogP contribution >= 0.6 is 0 Å². The first-order valence-electron chi connectivity index (χ1n) is 7.79. The fourth-order valence-corrected chi connectivity index (χ4v) is 3.92. The smallest absolute Gasteiger partial charge is 0.0159 e. The Labute approximate surface area is 126 Å². The quantitative estimate of drug-likeness (QED) is 0.532. The molecular weight excluding hydrogens is 252 g/mol. The lowest BCUT2D eigenvalue weighted by molar-refractivity contribution is 0.660.